The molecule has 0 aliphatic rings. The molecule has 0 aliphatic heterocycles. The number of hydrogen-bond donors (Lipinski definition) is 1. The van der Waals surface area contributed by atoms with Crippen molar-refractivity contribution in [1.82, 2.24) is 0 Å². The zero-order valence-corrected chi connectivity index (χ0v) is 10.9. The van der Waals surface area contributed by atoms with Crippen molar-refractivity contribution in [2.45, 2.75) is 33.3 Å². The fourth-order valence-corrected chi connectivity index (χ4v) is 2.06. The Bertz CT molecular complexity index is 363. The largest absolute Gasteiger partial charge is 0.494 e. The van der Waals surface area contributed by atoms with E-state index in [4.69, 9.17) is 4.74 Å². The molecule has 0 saturated carbocycles. The molecule has 1 N–H and O–H groups in total. The summed E-state index contributed by atoms with van der Waals surface area (Å²) in [5.74, 6) is 0.449. The molecule has 0 spiro atoms. The second kappa shape index (κ2) is 6.01. The number of hydrogen-bond acceptors (Lipinski definition) is 2. The van der Waals surface area contributed by atoms with E-state index in [1.54, 1.807) is 12.1 Å². The summed E-state index contributed by atoms with van der Waals surface area (Å²) in [5, 5.41) is 10.2. The van der Waals surface area contributed by atoms with Crippen LogP contribution < -0.4 is 4.74 Å². The van der Waals surface area contributed by atoms with Crippen molar-refractivity contribution in [3.63, 3.8) is 0 Å². The van der Waals surface area contributed by atoms with Crippen molar-refractivity contribution in [3.8, 4) is 5.75 Å². The Hall–Kier alpha value is -1.09. The highest BCUT2D eigenvalue weighted by Crippen LogP contribution is 2.30. The normalized spacial score (nSPS) is 14.8. The van der Waals surface area contributed by atoms with Crippen LogP contribution in [0.15, 0.2) is 18.2 Å². The number of aliphatic hydroxyl groups is 1. The maximum Gasteiger partial charge on any atom is 0.165 e. The van der Waals surface area contributed by atoms with E-state index < -0.39 is 11.9 Å². The van der Waals surface area contributed by atoms with Crippen molar-refractivity contribution >= 4 is 0 Å². The summed E-state index contributed by atoms with van der Waals surface area (Å²) >= 11 is 0. The van der Waals surface area contributed by atoms with Gasteiger partial charge >= 0.3 is 0 Å². The molecule has 0 radical (unpaired) electrons. The van der Waals surface area contributed by atoms with E-state index in [-0.39, 0.29) is 11.7 Å². The third-order valence-electron chi connectivity index (χ3n) is 2.90. The molecule has 0 heterocycles. The van der Waals surface area contributed by atoms with Gasteiger partial charge in [0, 0.05) is 0 Å². The van der Waals surface area contributed by atoms with Crippen molar-refractivity contribution in [2.75, 3.05) is 7.11 Å². The highest BCUT2D eigenvalue weighted by Gasteiger charge is 2.18. The molecular weight excluding hydrogens is 219 g/mol. The molecule has 0 fully saturated rings. The van der Waals surface area contributed by atoms with Crippen molar-refractivity contribution in [1.29, 1.82) is 0 Å². The predicted octanol–water partition coefficient (Wildman–Crippen LogP) is 3.55. The summed E-state index contributed by atoms with van der Waals surface area (Å²) in [5.41, 5.74) is 0.705. The summed E-state index contributed by atoms with van der Waals surface area (Å²) in [4.78, 5) is 0. The fourth-order valence-electron chi connectivity index (χ4n) is 2.06. The number of ether oxygens (including phenoxy) is 1. The topological polar surface area (TPSA) is 29.5 Å². The van der Waals surface area contributed by atoms with Crippen molar-refractivity contribution in [2.24, 2.45) is 11.8 Å². The van der Waals surface area contributed by atoms with E-state index in [2.05, 4.69) is 13.8 Å². The van der Waals surface area contributed by atoms with Crippen LogP contribution >= 0.6 is 0 Å². The zero-order chi connectivity index (χ0) is 13.0. The van der Waals surface area contributed by atoms with E-state index in [9.17, 15) is 9.50 Å². The Balaban J connectivity index is 2.84. The quantitative estimate of drug-likeness (QED) is 0.852. The van der Waals surface area contributed by atoms with Crippen molar-refractivity contribution in [3.05, 3.63) is 29.6 Å². The van der Waals surface area contributed by atoms with Crippen LogP contribution in [0.1, 0.15) is 38.9 Å². The molecule has 2 unspecified atom stereocenters. The first-order valence-electron chi connectivity index (χ1n) is 5.97. The van der Waals surface area contributed by atoms with Gasteiger partial charge in [-0.3, -0.25) is 0 Å². The van der Waals surface area contributed by atoms with E-state index in [0.717, 1.165) is 6.42 Å². The van der Waals surface area contributed by atoms with Gasteiger partial charge in [0.25, 0.3) is 0 Å². The number of methoxy groups -OCH3 is 1. The summed E-state index contributed by atoms with van der Waals surface area (Å²) in [6, 6.07) is 4.51. The lowest BCUT2D eigenvalue weighted by Gasteiger charge is -2.21. The molecule has 0 bridgehead atoms. The molecule has 1 aromatic rings. The molecular formula is C14H21FO2. The average Bonchev–Trinajstić information content (AvgIpc) is 2.27. The molecule has 0 saturated heterocycles. The van der Waals surface area contributed by atoms with E-state index in [1.807, 2.05) is 6.92 Å². The third-order valence-corrected chi connectivity index (χ3v) is 2.90. The molecule has 1 rings (SSSR count). The molecule has 0 aromatic heterocycles. The first-order chi connectivity index (χ1) is 7.95. The minimum absolute atomic E-state index is 0.144. The summed E-state index contributed by atoms with van der Waals surface area (Å²) in [6.45, 7) is 6.24. The summed E-state index contributed by atoms with van der Waals surface area (Å²) < 4.78 is 18.1. The lowest BCUT2D eigenvalue weighted by atomic mass is 9.90. The minimum atomic E-state index is -0.577. The molecule has 17 heavy (non-hydrogen) atoms. The molecule has 2 atom stereocenters. The highest BCUT2D eigenvalue weighted by atomic mass is 19.1. The van der Waals surface area contributed by atoms with Gasteiger partial charge in [0.2, 0.25) is 0 Å². The lowest BCUT2D eigenvalue weighted by Crippen LogP contribution is -2.12. The standard InChI is InChI=1S/C14H21FO2/c1-9(2)7-10(3)14(16)11-5-6-12(15)13(8-11)17-4/h5-6,8-10,14,16H,7H2,1-4H3. The average molecular weight is 240 g/mol. The Kier molecular flexibility index (Phi) is 4.94. The van der Waals surface area contributed by atoms with Gasteiger partial charge in [0.05, 0.1) is 13.2 Å². The maximum absolute atomic E-state index is 13.2. The van der Waals surface area contributed by atoms with Crippen LogP contribution in [-0.4, -0.2) is 12.2 Å². The second-order valence-electron chi connectivity index (χ2n) is 4.95. The summed E-state index contributed by atoms with van der Waals surface area (Å²) in [7, 11) is 1.42. The Labute approximate surface area is 102 Å². The first-order valence-corrected chi connectivity index (χ1v) is 5.97. The number of halogens is 1. The predicted molar refractivity (Wildman–Crippen MR) is 66.5 cm³/mol. The van der Waals surface area contributed by atoms with Gasteiger partial charge < -0.3 is 9.84 Å². The van der Waals surface area contributed by atoms with E-state index in [0.29, 0.717) is 11.5 Å². The van der Waals surface area contributed by atoms with Crippen LogP contribution in [0.2, 0.25) is 0 Å². The van der Waals surface area contributed by atoms with Crippen LogP contribution in [0.25, 0.3) is 0 Å². The Morgan fingerprint density at radius 3 is 2.47 bits per heavy atom. The second-order valence-corrected chi connectivity index (χ2v) is 4.95. The maximum atomic E-state index is 13.2. The van der Waals surface area contributed by atoms with E-state index >= 15 is 0 Å². The molecule has 0 aliphatic carbocycles. The first kappa shape index (κ1) is 14.0. The van der Waals surface area contributed by atoms with Gasteiger partial charge in [-0.15, -0.1) is 0 Å². The van der Waals surface area contributed by atoms with Gasteiger partial charge in [-0.25, -0.2) is 4.39 Å². The van der Waals surface area contributed by atoms with E-state index in [1.165, 1.54) is 13.2 Å². The number of aliphatic hydroxyl groups excluding tert-OH is 1. The monoisotopic (exact) mass is 240 g/mol. The van der Waals surface area contributed by atoms with Gasteiger partial charge in [-0.1, -0.05) is 26.8 Å². The molecule has 3 heteroatoms. The lowest BCUT2D eigenvalue weighted by molar-refractivity contribution is 0.105. The summed E-state index contributed by atoms with van der Waals surface area (Å²) in [6.07, 6.45) is 0.354. The zero-order valence-electron chi connectivity index (χ0n) is 10.9. The van der Waals surface area contributed by atoms with Crippen LogP contribution in [0.5, 0.6) is 5.75 Å². The molecule has 1 aromatic carbocycles. The molecule has 0 amide bonds. The van der Waals surface area contributed by atoms with Gasteiger partial charge in [0.15, 0.2) is 11.6 Å². The van der Waals surface area contributed by atoms with Crippen LogP contribution in [0.4, 0.5) is 4.39 Å². The van der Waals surface area contributed by atoms with Gasteiger partial charge in [-0.05, 0) is 36.0 Å². The van der Waals surface area contributed by atoms with Crippen molar-refractivity contribution < 1.29 is 14.2 Å². The SMILES string of the molecule is COc1cc(C(O)C(C)CC(C)C)ccc1F. The Morgan fingerprint density at radius 2 is 1.94 bits per heavy atom. The smallest absolute Gasteiger partial charge is 0.165 e. The van der Waals surface area contributed by atoms with Crippen LogP contribution in [-0.2, 0) is 0 Å². The fraction of sp³-hybridized carbons (Fsp3) is 0.571. The molecule has 2 nitrogen and oxygen atoms in total. The third kappa shape index (κ3) is 3.70. The van der Waals surface area contributed by atoms with Crippen LogP contribution in [0, 0.1) is 17.7 Å². The van der Waals surface area contributed by atoms with Gasteiger partial charge in [0.1, 0.15) is 0 Å². The van der Waals surface area contributed by atoms with Gasteiger partial charge in [-0.2, -0.15) is 0 Å². The number of rotatable bonds is 5. The minimum Gasteiger partial charge on any atom is -0.494 e. The van der Waals surface area contributed by atoms with Crippen LogP contribution in [0.3, 0.4) is 0 Å². The highest BCUT2D eigenvalue weighted by molar-refractivity contribution is 5.31. The Morgan fingerprint density at radius 1 is 1.29 bits per heavy atom. The number of benzene rings is 1. The molecule has 96 valence electrons.